The van der Waals surface area contributed by atoms with Crippen molar-refractivity contribution < 1.29 is 19.0 Å². The minimum Gasteiger partial charge on any atom is -0.506 e. The first-order valence-corrected chi connectivity index (χ1v) is 10.7. The summed E-state index contributed by atoms with van der Waals surface area (Å²) >= 11 is 0. The van der Waals surface area contributed by atoms with E-state index in [0.717, 1.165) is 11.1 Å². The highest BCUT2D eigenvalue weighted by Crippen LogP contribution is 2.27. The second-order valence-corrected chi connectivity index (χ2v) is 8.47. The molecule has 0 bridgehead atoms. The predicted octanol–water partition coefficient (Wildman–Crippen LogP) is 6.42. The Bertz CT molecular complexity index is 1180. The van der Waals surface area contributed by atoms with Gasteiger partial charge in [-0.05, 0) is 65.4 Å². The summed E-state index contributed by atoms with van der Waals surface area (Å²) in [5, 5.41) is 10.8. The van der Waals surface area contributed by atoms with Gasteiger partial charge in [0.15, 0.2) is 0 Å². The number of aliphatic imine (C=N–C) groups is 1. The Labute approximate surface area is 193 Å². The number of pyridine rings is 1. The molecular weight excluding hydrogens is 419 g/mol. The van der Waals surface area contributed by atoms with Crippen molar-refractivity contribution in [3.8, 4) is 11.1 Å². The molecule has 0 spiro atoms. The zero-order valence-electron chi connectivity index (χ0n) is 19.2. The van der Waals surface area contributed by atoms with Crippen molar-refractivity contribution in [2.24, 2.45) is 4.99 Å². The molecule has 0 atom stereocenters. The van der Waals surface area contributed by atoms with Crippen LogP contribution in [0.3, 0.4) is 0 Å². The van der Waals surface area contributed by atoms with E-state index in [-0.39, 0.29) is 23.2 Å². The molecule has 3 aromatic rings. The van der Waals surface area contributed by atoms with Crippen molar-refractivity contribution in [2.45, 2.75) is 33.1 Å². The molecule has 1 aromatic heterocycles. The number of carbonyl (C=O) groups is 1. The normalized spacial score (nSPS) is 12.5. The SMILES string of the molecule is CCOC(=O)/C(C=Nc1ccc(C(C)(C)C)cc1)=C(\O)c1ccc(-c2ccncc2)cc1F. The van der Waals surface area contributed by atoms with E-state index in [4.69, 9.17) is 4.74 Å². The van der Waals surface area contributed by atoms with Crippen molar-refractivity contribution in [1.82, 2.24) is 4.98 Å². The topological polar surface area (TPSA) is 71.8 Å². The van der Waals surface area contributed by atoms with E-state index in [1.54, 1.807) is 37.5 Å². The highest BCUT2D eigenvalue weighted by molar-refractivity contribution is 6.15. The second kappa shape index (κ2) is 10.2. The number of ether oxygens (including phenoxy) is 1. The number of halogens is 1. The van der Waals surface area contributed by atoms with Crippen LogP contribution in [0.25, 0.3) is 16.9 Å². The number of aliphatic hydroxyl groups is 1. The van der Waals surface area contributed by atoms with E-state index in [2.05, 4.69) is 30.7 Å². The lowest BCUT2D eigenvalue weighted by Crippen LogP contribution is -2.12. The van der Waals surface area contributed by atoms with Crippen molar-refractivity contribution in [1.29, 1.82) is 0 Å². The average Bonchev–Trinajstić information content (AvgIpc) is 2.79. The minimum atomic E-state index is -0.789. The minimum absolute atomic E-state index is 0.00351. The van der Waals surface area contributed by atoms with Gasteiger partial charge in [-0.3, -0.25) is 9.98 Å². The van der Waals surface area contributed by atoms with E-state index < -0.39 is 17.5 Å². The summed E-state index contributed by atoms with van der Waals surface area (Å²) in [6, 6.07) is 15.4. The lowest BCUT2D eigenvalue weighted by Gasteiger charge is -2.18. The number of aliphatic hydroxyl groups excluding tert-OH is 1. The zero-order valence-corrected chi connectivity index (χ0v) is 19.2. The average molecular weight is 447 g/mol. The molecule has 5 nitrogen and oxygen atoms in total. The molecule has 1 N–H and O–H groups in total. The number of benzene rings is 2. The van der Waals surface area contributed by atoms with Gasteiger partial charge in [0.1, 0.15) is 17.1 Å². The monoisotopic (exact) mass is 446 g/mol. The van der Waals surface area contributed by atoms with Crippen LogP contribution in [0.4, 0.5) is 10.1 Å². The molecule has 170 valence electrons. The maximum atomic E-state index is 14.9. The second-order valence-electron chi connectivity index (χ2n) is 8.47. The number of esters is 1. The van der Waals surface area contributed by atoms with Crippen LogP contribution in [0.15, 0.2) is 77.6 Å². The molecule has 0 aliphatic rings. The fraction of sp³-hybridized carbons (Fsp3) is 0.222. The van der Waals surface area contributed by atoms with Gasteiger partial charge in [-0.2, -0.15) is 0 Å². The molecule has 0 aliphatic carbocycles. The summed E-state index contributed by atoms with van der Waals surface area (Å²) in [5.41, 5.74) is 2.78. The predicted molar refractivity (Wildman–Crippen MR) is 129 cm³/mol. The first-order chi connectivity index (χ1) is 15.7. The molecule has 0 saturated heterocycles. The Morgan fingerprint density at radius 2 is 1.73 bits per heavy atom. The van der Waals surface area contributed by atoms with Crippen LogP contribution in [0, 0.1) is 5.82 Å². The maximum absolute atomic E-state index is 14.9. The Morgan fingerprint density at radius 1 is 1.06 bits per heavy atom. The van der Waals surface area contributed by atoms with Crippen molar-refractivity contribution in [3.05, 3.63) is 89.5 Å². The summed E-state index contributed by atoms with van der Waals surface area (Å²) < 4.78 is 20.0. The van der Waals surface area contributed by atoms with Crippen LogP contribution in [0.5, 0.6) is 0 Å². The third-order valence-corrected chi connectivity index (χ3v) is 5.06. The highest BCUT2D eigenvalue weighted by atomic mass is 19.1. The molecular formula is C27H27FN2O3. The molecule has 3 rings (SSSR count). The standard InChI is InChI=1S/C27H27FN2O3/c1-5-33-26(32)23(17-30-21-9-7-20(8-10-21)27(2,3)4)25(31)22-11-6-19(16-24(22)28)18-12-14-29-15-13-18/h6-17,31H,5H2,1-4H3/b25-23-,30-17?. The van der Waals surface area contributed by atoms with Crippen molar-refractivity contribution in [3.63, 3.8) is 0 Å². The van der Waals surface area contributed by atoms with E-state index in [9.17, 15) is 14.3 Å². The summed E-state index contributed by atoms with van der Waals surface area (Å²) in [5.74, 6) is -2.00. The Balaban J connectivity index is 1.98. The molecule has 0 aliphatic heterocycles. The van der Waals surface area contributed by atoms with Gasteiger partial charge in [-0.25, -0.2) is 9.18 Å². The lowest BCUT2D eigenvalue weighted by molar-refractivity contribution is -0.137. The van der Waals surface area contributed by atoms with Crippen LogP contribution in [-0.4, -0.2) is 28.9 Å². The van der Waals surface area contributed by atoms with Gasteiger partial charge in [0.25, 0.3) is 0 Å². The first kappa shape index (κ1) is 23.9. The Kier molecular flexibility index (Phi) is 7.38. The van der Waals surface area contributed by atoms with Gasteiger partial charge in [0.2, 0.25) is 0 Å². The number of nitrogens with zero attached hydrogens (tertiary/aromatic N) is 2. The molecule has 1 heterocycles. The van der Waals surface area contributed by atoms with Crippen LogP contribution < -0.4 is 0 Å². The third-order valence-electron chi connectivity index (χ3n) is 5.06. The quantitative estimate of drug-likeness (QED) is 0.205. The first-order valence-electron chi connectivity index (χ1n) is 10.7. The molecule has 0 unspecified atom stereocenters. The summed E-state index contributed by atoms with van der Waals surface area (Å²) in [7, 11) is 0. The number of aromatic nitrogens is 1. The van der Waals surface area contributed by atoms with Gasteiger partial charge >= 0.3 is 5.97 Å². The molecule has 33 heavy (non-hydrogen) atoms. The largest absolute Gasteiger partial charge is 0.506 e. The van der Waals surface area contributed by atoms with Gasteiger partial charge in [0.05, 0.1) is 17.9 Å². The molecule has 6 heteroatoms. The fourth-order valence-corrected chi connectivity index (χ4v) is 3.18. The molecule has 0 saturated carbocycles. The van der Waals surface area contributed by atoms with Crippen LogP contribution in [-0.2, 0) is 14.9 Å². The van der Waals surface area contributed by atoms with Crippen LogP contribution >= 0.6 is 0 Å². The maximum Gasteiger partial charge on any atom is 0.343 e. The Hall–Kier alpha value is -3.80. The lowest BCUT2D eigenvalue weighted by atomic mass is 9.87. The van der Waals surface area contributed by atoms with E-state index in [0.29, 0.717) is 11.3 Å². The molecule has 0 fully saturated rings. The molecule has 2 aromatic carbocycles. The number of hydrogen-bond acceptors (Lipinski definition) is 5. The van der Waals surface area contributed by atoms with Crippen LogP contribution in [0.2, 0.25) is 0 Å². The summed E-state index contributed by atoms with van der Waals surface area (Å²) in [6.45, 7) is 8.09. The smallest absolute Gasteiger partial charge is 0.343 e. The summed E-state index contributed by atoms with van der Waals surface area (Å²) in [6.07, 6.45) is 4.43. The van der Waals surface area contributed by atoms with Crippen molar-refractivity contribution >= 4 is 23.6 Å². The third kappa shape index (κ3) is 5.92. The Morgan fingerprint density at radius 3 is 2.30 bits per heavy atom. The summed E-state index contributed by atoms with van der Waals surface area (Å²) in [4.78, 5) is 20.8. The zero-order chi connectivity index (χ0) is 24.0. The van der Waals surface area contributed by atoms with E-state index >= 15 is 0 Å². The van der Waals surface area contributed by atoms with Gasteiger partial charge in [-0.15, -0.1) is 0 Å². The van der Waals surface area contributed by atoms with Crippen molar-refractivity contribution in [2.75, 3.05) is 6.61 Å². The van der Waals surface area contributed by atoms with Gasteiger partial charge in [-0.1, -0.05) is 39.0 Å². The van der Waals surface area contributed by atoms with E-state index in [1.807, 2.05) is 24.3 Å². The number of hydrogen-bond donors (Lipinski definition) is 1. The van der Waals surface area contributed by atoms with Crippen LogP contribution in [0.1, 0.15) is 38.8 Å². The number of rotatable bonds is 6. The number of carbonyl (C=O) groups excluding carboxylic acids is 1. The highest BCUT2D eigenvalue weighted by Gasteiger charge is 2.19. The molecule has 0 amide bonds. The fourth-order valence-electron chi connectivity index (χ4n) is 3.18. The van der Waals surface area contributed by atoms with E-state index in [1.165, 1.54) is 18.3 Å². The van der Waals surface area contributed by atoms with Gasteiger partial charge < -0.3 is 9.84 Å². The molecule has 0 radical (unpaired) electrons. The van der Waals surface area contributed by atoms with Gasteiger partial charge in [0, 0.05) is 18.6 Å².